The highest BCUT2D eigenvalue weighted by molar-refractivity contribution is 5.73. The number of hydrogen-bond donors (Lipinski definition) is 2. The summed E-state index contributed by atoms with van der Waals surface area (Å²) in [5, 5.41) is 25.7. The van der Waals surface area contributed by atoms with E-state index in [9.17, 15) is 9.90 Å². The average Bonchev–Trinajstić information content (AvgIpc) is 3.48. The molecule has 2 aromatic heterocycles. The highest BCUT2D eigenvalue weighted by atomic mass is 19.1. The minimum atomic E-state index is -1.27. The van der Waals surface area contributed by atoms with Crippen LogP contribution in [0.2, 0.25) is 0 Å². The van der Waals surface area contributed by atoms with Gasteiger partial charge < -0.3 is 14.7 Å². The largest absolute Gasteiger partial charge is 0.507 e. The number of carbonyl (C=O) groups is 1. The second-order valence-electron chi connectivity index (χ2n) is 10.4. The molecule has 2 bridgehead atoms. The molecule has 10 nitrogen and oxygen atoms in total. The van der Waals surface area contributed by atoms with Crippen LogP contribution in [0.3, 0.4) is 0 Å². The summed E-state index contributed by atoms with van der Waals surface area (Å²) in [6.07, 6.45) is 4.98. The number of phenolic OH excluding ortho intramolecular Hbond substituents is 1. The van der Waals surface area contributed by atoms with Crippen LogP contribution in [0.4, 0.5) is 15.1 Å². The molecular formula is C25H30FN7O3. The summed E-state index contributed by atoms with van der Waals surface area (Å²) >= 11 is 0. The van der Waals surface area contributed by atoms with Crippen LogP contribution in [-0.4, -0.2) is 78.4 Å². The van der Waals surface area contributed by atoms with Crippen LogP contribution in [0.5, 0.6) is 5.75 Å². The Labute approximate surface area is 208 Å². The topological polar surface area (TPSA) is 120 Å². The summed E-state index contributed by atoms with van der Waals surface area (Å²) < 4.78 is 21.2. The summed E-state index contributed by atoms with van der Waals surface area (Å²) in [7, 11) is 1.74. The first kappa shape index (κ1) is 24.0. The fraction of sp³-hybridized carbons (Fsp3) is 0.480. The molecule has 2 saturated heterocycles. The van der Waals surface area contributed by atoms with Gasteiger partial charge in [0.15, 0.2) is 0 Å². The van der Waals surface area contributed by atoms with E-state index in [1.54, 1.807) is 41.4 Å². The van der Waals surface area contributed by atoms with Gasteiger partial charge in [0, 0.05) is 30.4 Å². The number of hydrogen-bond acceptors (Lipinski definition) is 8. The van der Waals surface area contributed by atoms with Gasteiger partial charge in [-0.05, 0) is 57.7 Å². The van der Waals surface area contributed by atoms with Gasteiger partial charge in [-0.2, -0.15) is 5.10 Å². The number of alkyl halides is 1. The van der Waals surface area contributed by atoms with E-state index in [-0.39, 0.29) is 17.7 Å². The van der Waals surface area contributed by atoms with E-state index in [1.165, 1.54) is 6.20 Å². The van der Waals surface area contributed by atoms with Crippen LogP contribution in [0, 0.1) is 0 Å². The maximum Gasteiger partial charge on any atom is 0.410 e. The lowest BCUT2D eigenvalue weighted by Crippen LogP contribution is -2.59. The lowest BCUT2D eigenvalue weighted by molar-refractivity contribution is -0.0104. The number of rotatable bonds is 4. The van der Waals surface area contributed by atoms with E-state index in [0.717, 1.165) is 17.5 Å². The molecular weight excluding hydrogens is 465 g/mol. The molecule has 36 heavy (non-hydrogen) atoms. The molecule has 1 amide bonds. The smallest absolute Gasteiger partial charge is 0.410 e. The third-order valence-corrected chi connectivity index (χ3v) is 6.87. The molecule has 0 aliphatic carbocycles. The highest BCUT2D eigenvalue weighted by Gasteiger charge is 2.52. The lowest BCUT2D eigenvalue weighted by Gasteiger charge is -2.44. The minimum absolute atomic E-state index is 0.0424. The van der Waals surface area contributed by atoms with Gasteiger partial charge in [0.2, 0.25) is 5.95 Å². The zero-order valence-corrected chi connectivity index (χ0v) is 20.7. The molecule has 5 rings (SSSR count). The van der Waals surface area contributed by atoms with Crippen LogP contribution in [0.1, 0.15) is 40.0 Å². The predicted octanol–water partition coefficient (Wildman–Crippen LogP) is 3.95. The molecule has 190 valence electrons. The Morgan fingerprint density at radius 3 is 2.67 bits per heavy atom. The minimum Gasteiger partial charge on any atom is -0.507 e. The van der Waals surface area contributed by atoms with Gasteiger partial charge in [-0.3, -0.25) is 10.00 Å². The molecule has 2 unspecified atom stereocenters. The Hall–Kier alpha value is -3.76. The van der Waals surface area contributed by atoms with Gasteiger partial charge in [0.05, 0.1) is 24.5 Å². The Morgan fingerprint density at radius 1 is 1.22 bits per heavy atom. The number of nitrogens with zero attached hydrogens (tertiary/aromatic N) is 6. The number of benzene rings is 1. The highest BCUT2D eigenvalue weighted by Crippen LogP contribution is 2.40. The summed E-state index contributed by atoms with van der Waals surface area (Å²) in [4.78, 5) is 20.4. The van der Waals surface area contributed by atoms with Crippen molar-refractivity contribution in [3.05, 3.63) is 36.8 Å². The van der Waals surface area contributed by atoms with Gasteiger partial charge in [-0.25, -0.2) is 14.2 Å². The van der Waals surface area contributed by atoms with E-state index in [1.807, 2.05) is 26.8 Å². The van der Waals surface area contributed by atoms with Crippen LogP contribution >= 0.6 is 0 Å². The van der Waals surface area contributed by atoms with E-state index < -0.39 is 29.9 Å². The maximum absolute atomic E-state index is 15.7. The maximum atomic E-state index is 15.7. The van der Waals surface area contributed by atoms with Crippen LogP contribution < -0.4 is 4.90 Å². The predicted molar refractivity (Wildman–Crippen MR) is 131 cm³/mol. The summed E-state index contributed by atoms with van der Waals surface area (Å²) in [6.45, 7) is 5.42. The number of aromatic nitrogens is 5. The molecule has 2 aliphatic heterocycles. The Balaban J connectivity index is 1.30. The third-order valence-electron chi connectivity index (χ3n) is 6.87. The van der Waals surface area contributed by atoms with Crippen LogP contribution in [0.15, 0.2) is 36.8 Å². The van der Waals surface area contributed by atoms with Crippen molar-refractivity contribution in [3.8, 4) is 28.1 Å². The van der Waals surface area contributed by atoms with Crippen molar-refractivity contribution in [2.45, 2.75) is 69.9 Å². The van der Waals surface area contributed by atoms with E-state index >= 15 is 4.39 Å². The summed E-state index contributed by atoms with van der Waals surface area (Å²) in [6, 6.07) is 4.10. The first-order chi connectivity index (χ1) is 17.1. The number of amides is 1. The number of phenols is 1. The molecule has 0 saturated carbocycles. The second-order valence-corrected chi connectivity index (χ2v) is 10.4. The monoisotopic (exact) mass is 495 g/mol. The number of H-pyrrole nitrogens is 1. The van der Waals surface area contributed by atoms with Crippen molar-refractivity contribution in [1.82, 2.24) is 30.3 Å². The van der Waals surface area contributed by atoms with E-state index in [0.29, 0.717) is 24.1 Å². The molecule has 0 radical (unpaired) electrons. The molecule has 3 aromatic rings. The van der Waals surface area contributed by atoms with E-state index in [4.69, 9.17) is 4.74 Å². The zero-order chi connectivity index (χ0) is 25.6. The van der Waals surface area contributed by atoms with Crippen molar-refractivity contribution >= 4 is 12.0 Å². The number of anilines is 1. The SMILES string of the molecule is CN(c1ncc(-c2ccc(-c3cn[nH]c3)cc2O)nn1)[C@@H]1CC2CCC([C@@H]1F)N2C(=O)OC(C)(C)C. The van der Waals surface area contributed by atoms with Gasteiger partial charge in [0.25, 0.3) is 0 Å². The van der Waals surface area contributed by atoms with Gasteiger partial charge in [0.1, 0.15) is 23.2 Å². The number of nitrogens with one attached hydrogen (secondary N) is 1. The van der Waals surface area contributed by atoms with Gasteiger partial charge in [-0.1, -0.05) is 6.07 Å². The molecule has 11 heteroatoms. The number of halogens is 1. The van der Waals surface area contributed by atoms with Crippen LogP contribution in [0.25, 0.3) is 22.4 Å². The normalized spacial score (nSPS) is 23.5. The number of aromatic hydroxyl groups is 1. The molecule has 1 aromatic carbocycles. The quantitative estimate of drug-likeness (QED) is 0.558. The molecule has 4 atom stereocenters. The lowest BCUT2D eigenvalue weighted by atomic mass is 9.94. The number of aromatic amines is 1. The fourth-order valence-electron chi connectivity index (χ4n) is 5.13. The van der Waals surface area contributed by atoms with Crippen molar-refractivity contribution in [2.24, 2.45) is 0 Å². The molecule has 2 aliphatic rings. The number of fused-ring (bicyclic) bond motifs is 2. The Bertz CT molecular complexity index is 1230. The van der Waals surface area contributed by atoms with Crippen molar-refractivity contribution in [3.63, 3.8) is 0 Å². The van der Waals surface area contributed by atoms with Gasteiger partial charge >= 0.3 is 6.09 Å². The Kier molecular flexibility index (Phi) is 6.01. The summed E-state index contributed by atoms with van der Waals surface area (Å²) in [5.74, 6) is 0.326. The zero-order valence-electron chi connectivity index (χ0n) is 20.7. The van der Waals surface area contributed by atoms with Crippen molar-refractivity contribution < 1.29 is 19.0 Å². The van der Waals surface area contributed by atoms with Crippen molar-refractivity contribution in [2.75, 3.05) is 11.9 Å². The fourth-order valence-corrected chi connectivity index (χ4v) is 5.13. The van der Waals surface area contributed by atoms with Gasteiger partial charge in [-0.15, -0.1) is 10.2 Å². The van der Waals surface area contributed by atoms with Crippen molar-refractivity contribution in [1.29, 1.82) is 0 Å². The number of ether oxygens (including phenoxy) is 1. The molecule has 2 fully saturated rings. The number of carbonyl (C=O) groups excluding carboxylic acids is 1. The third kappa shape index (κ3) is 4.45. The second kappa shape index (κ2) is 9.03. The first-order valence-corrected chi connectivity index (χ1v) is 12.0. The molecule has 4 heterocycles. The van der Waals surface area contributed by atoms with E-state index in [2.05, 4.69) is 25.4 Å². The van der Waals surface area contributed by atoms with Crippen LogP contribution in [-0.2, 0) is 4.74 Å². The Morgan fingerprint density at radius 2 is 2.03 bits per heavy atom. The summed E-state index contributed by atoms with van der Waals surface area (Å²) in [5.41, 5.74) is 1.92. The number of piperidine rings is 1. The standard InChI is InChI=1S/C25H30FN7O3/c1-25(2,3)36-24(35)33-16-6-8-19(33)22(26)20(10-16)32(4)23-27-13-18(30-31-23)17-7-5-14(9-21(17)34)15-11-28-29-12-15/h5,7,9,11-13,16,19-20,22,34H,6,8,10H2,1-4H3,(H,28,29)/t16?,19?,20-,22+/m1/s1. The average molecular weight is 496 g/mol. The first-order valence-electron chi connectivity index (χ1n) is 12.0. The molecule has 2 N–H and O–H groups in total. The molecule has 0 spiro atoms.